The van der Waals surface area contributed by atoms with E-state index in [2.05, 4.69) is 6.58 Å². The molecule has 0 aliphatic carbocycles. The SMILES string of the molecule is C=CCN(CC(=O)OCC)S(=O)(=O)CC(C)C. The molecule has 0 aromatic carbocycles. The third kappa shape index (κ3) is 6.43. The van der Waals surface area contributed by atoms with Gasteiger partial charge in [-0.05, 0) is 12.8 Å². The van der Waals surface area contributed by atoms with Crippen LogP contribution in [-0.4, -0.2) is 44.1 Å². The van der Waals surface area contributed by atoms with E-state index in [4.69, 9.17) is 4.74 Å². The van der Waals surface area contributed by atoms with Crippen molar-refractivity contribution >= 4 is 16.0 Å². The Bertz CT molecular complexity index is 348. The largest absolute Gasteiger partial charge is 0.465 e. The van der Waals surface area contributed by atoms with Crippen molar-refractivity contribution in [2.24, 2.45) is 5.92 Å². The first kappa shape index (κ1) is 16.1. The fourth-order valence-electron chi connectivity index (χ4n) is 1.30. The number of nitrogens with zero attached hydrogens (tertiary/aromatic N) is 1. The molecule has 0 unspecified atom stereocenters. The standard InChI is InChI=1S/C11H21NO4S/c1-5-7-12(8-11(13)16-6-2)17(14,15)9-10(3)4/h5,10H,1,6-9H2,2-4H3. The smallest absolute Gasteiger partial charge is 0.321 e. The molecule has 0 bridgehead atoms. The predicted molar refractivity (Wildman–Crippen MR) is 67.0 cm³/mol. The van der Waals surface area contributed by atoms with Crippen LogP contribution in [0.1, 0.15) is 20.8 Å². The molecule has 0 N–H and O–H groups in total. The second-order valence-corrected chi connectivity index (χ2v) is 6.07. The molecule has 0 rings (SSSR count). The minimum atomic E-state index is -3.44. The van der Waals surface area contributed by atoms with Crippen LogP contribution in [0.4, 0.5) is 0 Å². The maximum absolute atomic E-state index is 11.9. The summed E-state index contributed by atoms with van der Waals surface area (Å²) in [7, 11) is -3.44. The summed E-state index contributed by atoms with van der Waals surface area (Å²) in [6.07, 6.45) is 1.46. The Kier molecular flexibility index (Phi) is 7.06. The van der Waals surface area contributed by atoms with Gasteiger partial charge in [-0.2, -0.15) is 4.31 Å². The molecule has 100 valence electrons. The lowest BCUT2D eigenvalue weighted by Gasteiger charge is -2.20. The summed E-state index contributed by atoms with van der Waals surface area (Å²) in [5, 5.41) is 0. The monoisotopic (exact) mass is 263 g/mol. The number of hydrogen-bond acceptors (Lipinski definition) is 4. The van der Waals surface area contributed by atoms with Gasteiger partial charge in [-0.1, -0.05) is 19.9 Å². The van der Waals surface area contributed by atoms with E-state index >= 15 is 0 Å². The molecule has 17 heavy (non-hydrogen) atoms. The first-order valence-corrected chi connectivity index (χ1v) is 7.18. The van der Waals surface area contributed by atoms with Crippen molar-refractivity contribution in [3.8, 4) is 0 Å². The van der Waals surface area contributed by atoms with Crippen LogP contribution in [0.3, 0.4) is 0 Å². The fraction of sp³-hybridized carbons (Fsp3) is 0.727. The van der Waals surface area contributed by atoms with Crippen LogP contribution in [-0.2, 0) is 19.6 Å². The Morgan fingerprint density at radius 2 is 2.06 bits per heavy atom. The zero-order valence-corrected chi connectivity index (χ0v) is 11.5. The van der Waals surface area contributed by atoms with Crippen molar-refractivity contribution in [2.75, 3.05) is 25.4 Å². The highest BCUT2D eigenvalue weighted by molar-refractivity contribution is 7.89. The molecule has 0 saturated heterocycles. The van der Waals surface area contributed by atoms with Crippen LogP contribution < -0.4 is 0 Å². The van der Waals surface area contributed by atoms with Crippen molar-refractivity contribution in [3.05, 3.63) is 12.7 Å². The highest BCUT2D eigenvalue weighted by Gasteiger charge is 2.24. The second-order valence-electron chi connectivity index (χ2n) is 4.06. The Balaban J connectivity index is 4.72. The molecule has 0 aliphatic heterocycles. The van der Waals surface area contributed by atoms with Gasteiger partial charge in [0.05, 0.1) is 12.4 Å². The van der Waals surface area contributed by atoms with Gasteiger partial charge in [-0.15, -0.1) is 6.58 Å². The number of sulfonamides is 1. The predicted octanol–water partition coefficient (Wildman–Crippen LogP) is 1.02. The normalized spacial score (nSPS) is 11.8. The molecule has 0 aromatic heterocycles. The number of rotatable bonds is 8. The summed E-state index contributed by atoms with van der Waals surface area (Å²) in [5.74, 6) is -0.517. The highest BCUT2D eigenvalue weighted by Crippen LogP contribution is 2.07. The number of ether oxygens (including phenoxy) is 1. The average molecular weight is 263 g/mol. The van der Waals surface area contributed by atoms with Crippen molar-refractivity contribution < 1.29 is 17.9 Å². The molecule has 6 heteroatoms. The lowest BCUT2D eigenvalue weighted by molar-refractivity contribution is -0.143. The quantitative estimate of drug-likeness (QED) is 0.484. The molecule has 0 heterocycles. The van der Waals surface area contributed by atoms with Gasteiger partial charge >= 0.3 is 5.97 Å². The minimum Gasteiger partial charge on any atom is -0.465 e. The van der Waals surface area contributed by atoms with Crippen molar-refractivity contribution in [1.82, 2.24) is 4.31 Å². The van der Waals surface area contributed by atoms with Gasteiger partial charge in [0.15, 0.2) is 0 Å². The molecule has 0 saturated carbocycles. The van der Waals surface area contributed by atoms with Gasteiger partial charge in [0.1, 0.15) is 6.54 Å². The summed E-state index contributed by atoms with van der Waals surface area (Å²) in [6.45, 7) is 8.90. The lowest BCUT2D eigenvalue weighted by atomic mass is 10.3. The first-order chi connectivity index (χ1) is 7.83. The van der Waals surface area contributed by atoms with Crippen molar-refractivity contribution in [1.29, 1.82) is 0 Å². The van der Waals surface area contributed by atoms with E-state index in [0.29, 0.717) is 0 Å². The first-order valence-electron chi connectivity index (χ1n) is 5.57. The van der Waals surface area contributed by atoms with Gasteiger partial charge in [-0.25, -0.2) is 8.42 Å². The van der Waals surface area contributed by atoms with Crippen LogP contribution in [0.25, 0.3) is 0 Å². The third-order valence-electron chi connectivity index (χ3n) is 1.88. The molecule has 0 aliphatic rings. The van der Waals surface area contributed by atoms with Crippen LogP contribution in [0.5, 0.6) is 0 Å². The summed E-state index contributed by atoms with van der Waals surface area (Å²) >= 11 is 0. The zero-order chi connectivity index (χ0) is 13.5. The van der Waals surface area contributed by atoms with Gasteiger partial charge in [0, 0.05) is 6.54 Å². The van der Waals surface area contributed by atoms with E-state index in [1.807, 2.05) is 13.8 Å². The summed E-state index contributed by atoms with van der Waals surface area (Å²) in [4.78, 5) is 11.3. The van der Waals surface area contributed by atoms with Crippen LogP contribution in [0, 0.1) is 5.92 Å². The van der Waals surface area contributed by atoms with E-state index < -0.39 is 16.0 Å². The molecule has 5 nitrogen and oxygen atoms in total. The number of esters is 1. The minimum absolute atomic E-state index is 0.00881. The van der Waals surface area contributed by atoms with Crippen LogP contribution in [0.2, 0.25) is 0 Å². The Hall–Kier alpha value is -0.880. The third-order valence-corrected chi connectivity index (χ3v) is 4.03. The molecule has 0 aromatic rings. The number of carbonyl (C=O) groups excluding carboxylic acids is 1. The maximum atomic E-state index is 11.9. The fourth-order valence-corrected chi connectivity index (χ4v) is 2.99. The van der Waals surface area contributed by atoms with E-state index in [1.54, 1.807) is 6.92 Å². The molecule has 0 radical (unpaired) electrons. The zero-order valence-electron chi connectivity index (χ0n) is 10.7. The average Bonchev–Trinajstić information content (AvgIpc) is 2.15. The Morgan fingerprint density at radius 3 is 2.47 bits per heavy atom. The van der Waals surface area contributed by atoms with Gasteiger partial charge in [-0.3, -0.25) is 4.79 Å². The summed E-state index contributed by atoms with van der Waals surface area (Å²) in [5.41, 5.74) is 0. The van der Waals surface area contributed by atoms with E-state index in [1.165, 1.54) is 6.08 Å². The van der Waals surface area contributed by atoms with E-state index in [0.717, 1.165) is 4.31 Å². The maximum Gasteiger partial charge on any atom is 0.321 e. The molecule has 0 amide bonds. The Morgan fingerprint density at radius 1 is 1.47 bits per heavy atom. The number of hydrogen-bond donors (Lipinski definition) is 0. The molecular weight excluding hydrogens is 242 g/mol. The summed E-state index contributed by atoms with van der Waals surface area (Å²) < 4.78 is 29.7. The lowest BCUT2D eigenvalue weighted by Crippen LogP contribution is -2.39. The molecular formula is C11H21NO4S. The van der Waals surface area contributed by atoms with E-state index in [9.17, 15) is 13.2 Å². The summed E-state index contributed by atoms with van der Waals surface area (Å²) in [6, 6.07) is 0. The van der Waals surface area contributed by atoms with Crippen LogP contribution in [0.15, 0.2) is 12.7 Å². The van der Waals surface area contributed by atoms with E-state index in [-0.39, 0.29) is 31.4 Å². The van der Waals surface area contributed by atoms with Crippen LogP contribution >= 0.6 is 0 Å². The molecule has 0 fully saturated rings. The molecule has 0 atom stereocenters. The molecule has 0 spiro atoms. The number of carbonyl (C=O) groups is 1. The van der Waals surface area contributed by atoms with Gasteiger partial charge < -0.3 is 4.74 Å². The van der Waals surface area contributed by atoms with Gasteiger partial charge in [0.25, 0.3) is 0 Å². The second kappa shape index (κ2) is 7.45. The topological polar surface area (TPSA) is 63.7 Å². The Labute approximate surface area is 103 Å². The van der Waals surface area contributed by atoms with Gasteiger partial charge in [0.2, 0.25) is 10.0 Å². The highest BCUT2D eigenvalue weighted by atomic mass is 32.2. The van der Waals surface area contributed by atoms with Crippen molar-refractivity contribution in [3.63, 3.8) is 0 Å². The van der Waals surface area contributed by atoms with Crippen molar-refractivity contribution in [2.45, 2.75) is 20.8 Å².